The highest BCUT2D eigenvalue weighted by atomic mass is 35.5. The number of carbonyl (C=O) groups excluding carboxylic acids is 1. The van der Waals surface area contributed by atoms with E-state index in [0.29, 0.717) is 63.3 Å². The van der Waals surface area contributed by atoms with Gasteiger partial charge in [0, 0.05) is 23.6 Å². The molecule has 0 bridgehead atoms. The van der Waals surface area contributed by atoms with Gasteiger partial charge in [0.05, 0.1) is 34.6 Å². The van der Waals surface area contributed by atoms with Gasteiger partial charge in [-0.05, 0) is 44.2 Å². The molecule has 12 heteroatoms. The second-order valence-corrected chi connectivity index (χ2v) is 9.94. The Morgan fingerprint density at radius 3 is 2.47 bits per heavy atom. The predicted molar refractivity (Wildman–Crippen MR) is 133 cm³/mol. The molecule has 2 aliphatic rings. The van der Waals surface area contributed by atoms with Crippen LogP contribution < -0.4 is 16.4 Å². The Morgan fingerprint density at radius 1 is 1.09 bits per heavy atom. The molecular formula is C22H24Cl3N7O2. The molecule has 5 rings (SSSR count). The first-order chi connectivity index (χ1) is 16.4. The molecule has 1 saturated heterocycles. The molecule has 0 radical (unpaired) electrons. The fourth-order valence-electron chi connectivity index (χ4n) is 4.62. The van der Waals surface area contributed by atoms with Crippen molar-refractivity contribution in [3.63, 3.8) is 0 Å². The van der Waals surface area contributed by atoms with Gasteiger partial charge in [-0.1, -0.05) is 34.8 Å². The summed E-state index contributed by atoms with van der Waals surface area (Å²) in [5, 5.41) is 7.82. The van der Waals surface area contributed by atoms with Crippen LogP contribution in [-0.2, 0) is 9.53 Å². The van der Waals surface area contributed by atoms with E-state index >= 15 is 0 Å². The van der Waals surface area contributed by atoms with E-state index in [2.05, 4.69) is 15.6 Å². The van der Waals surface area contributed by atoms with Gasteiger partial charge < -0.3 is 21.1 Å². The molecule has 34 heavy (non-hydrogen) atoms. The van der Waals surface area contributed by atoms with Crippen LogP contribution in [0.25, 0.3) is 11.2 Å². The number of carbonyl (C=O) groups is 1. The second kappa shape index (κ2) is 9.73. The van der Waals surface area contributed by atoms with Gasteiger partial charge in [0.2, 0.25) is 17.8 Å². The van der Waals surface area contributed by atoms with Crippen molar-refractivity contribution >= 4 is 69.5 Å². The third kappa shape index (κ3) is 4.75. The first-order valence-corrected chi connectivity index (χ1v) is 12.3. The Hall–Kier alpha value is -2.33. The van der Waals surface area contributed by atoms with E-state index in [0.717, 1.165) is 25.9 Å². The topological polar surface area (TPSA) is 120 Å². The summed E-state index contributed by atoms with van der Waals surface area (Å²) >= 11 is 18.9. The smallest absolute Gasteiger partial charge is 0.225 e. The molecule has 1 atom stereocenters. The number of benzene rings is 1. The Morgan fingerprint density at radius 2 is 1.82 bits per heavy atom. The van der Waals surface area contributed by atoms with E-state index in [1.165, 1.54) is 0 Å². The molecule has 1 amide bonds. The van der Waals surface area contributed by atoms with E-state index < -0.39 is 0 Å². The second-order valence-electron chi connectivity index (χ2n) is 8.69. The van der Waals surface area contributed by atoms with Gasteiger partial charge in [-0.2, -0.15) is 4.98 Å². The fourth-order valence-corrected chi connectivity index (χ4v) is 5.53. The molecule has 1 aliphatic heterocycles. The van der Waals surface area contributed by atoms with Gasteiger partial charge in [-0.25, -0.2) is 9.97 Å². The maximum Gasteiger partial charge on any atom is 0.225 e. The number of hydrogen-bond donors (Lipinski definition) is 3. The minimum absolute atomic E-state index is 0.0607. The first kappa shape index (κ1) is 23.4. The maximum absolute atomic E-state index is 11.7. The van der Waals surface area contributed by atoms with Crippen molar-refractivity contribution in [3.05, 3.63) is 33.4 Å². The minimum atomic E-state index is -0.250. The molecule has 4 N–H and O–H groups in total. The molecule has 2 aromatic heterocycles. The lowest BCUT2D eigenvalue weighted by atomic mass is 9.85. The van der Waals surface area contributed by atoms with Crippen LogP contribution >= 0.6 is 34.8 Å². The Balaban J connectivity index is 1.54. The van der Waals surface area contributed by atoms with Crippen LogP contribution in [0, 0.1) is 5.92 Å². The van der Waals surface area contributed by atoms with E-state index in [-0.39, 0.29) is 23.9 Å². The van der Waals surface area contributed by atoms with Gasteiger partial charge in [0.25, 0.3) is 0 Å². The number of rotatable bonds is 6. The molecule has 9 nitrogen and oxygen atoms in total. The van der Waals surface area contributed by atoms with Crippen molar-refractivity contribution < 1.29 is 9.53 Å². The van der Waals surface area contributed by atoms with E-state index in [1.54, 1.807) is 18.3 Å². The van der Waals surface area contributed by atoms with Crippen molar-refractivity contribution in [2.45, 2.75) is 44.2 Å². The molecular weight excluding hydrogens is 501 g/mol. The van der Waals surface area contributed by atoms with Crippen molar-refractivity contribution in [1.82, 2.24) is 19.5 Å². The maximum atomic E-state index is 11.7. The van der Waals surface area contributed by atoms with Gasteiger partial charge in [0.1, 0.15) is 5.52 Å². The molecule has 2 fully saturated rings. The zero-order valence-electron chi connectivity index (χ0n) is 18.2. The van der Waals surface area contributed by atoms with Gasteiger partial charge in [-0.15, -0.1) is 0 Å². The van der Waals surface area contributed by atoms with Crippen molar-refractivity contribution in [2.75, 3.05) is 23.8 Å². The summed E-state index contributed by atoms with van der Waals surface area (Å²) in [7, 11) is 0. The molecule has 3 heterocycles. The number of nitrogens with one attached hydrogen (secondary N) is 2. The molecule has 180 valence electrons. The number of imidazole rings is 1. The van der Waals surface area contributed by atoms with Crippen LogP contribution in [0.15, 0.2) is 18.3 Å². The number of aromatic nitrogens is 4. The normalized spacial score (nSPS) is 22.7. The number of halogens is 3. The summed E-state index contributed by atoms with van der Waals surface area (Å²) in [5.41, 5.74) is 7.37. The van der Waals surface area contributed by atoms with Gasteiger partial charge >= 0.3 is 0 Å². The van der Waals surface area contributed by atoms with Crippen LogP contribution in [-0.4, -0.2) is 44.7 Å². The molecule has 0 unspecified atom stereocenters. The number of ether oxygens (including phenoxy) is 1. The van der Waals surface area contributed by atoms with E-state index in [9.17, 15) is 4.79 Å². The van der Waals surface area contributed by atoms with Crippen LogP contribution in [0.1, 0.15) is 38.1 Å². The molecule has 1 aliphatic carbocycles. The zero-order valence-corrected chi connectivity index (χ0v) is 20.5. The lowest BCUT2D eigenvalue weighted by Crippen LogP contribution is -2.29. The number of nitrogens with zero attached hydrogens (tertiary/aromatic N) is 4. The van der Waals surface area contributed by atoms with E-state index in [1.807, 2.05) is 4.57 Å². The fraction of sp³-hybridized carbons (Fsp3) is 0.455. The lowest BCUT2D eigenvalue weighted by Gasteiger charge is -2.29. The number of amides is 1. The highest BCUT2D eigenvalue weighted by Crippen LogP contribution is 2.40. The average molecular weight is 525 g/mol. The Labute approximate surface area is 211 Å². The number of nitrogens with two attached hydrogens (primary N) is 1. The number of anilines is 3. The highest BCUT2D eigenvalue weighted by Gasteiger charge is 2.29. The third-order valence-corrected chi connectivity index (χ3v) is 7.22. The molecule has 0 spiro atoms. The summed E-state index contributed by atoms with van der Waals surface area (Å²) in [6, 6.07) is 3.47. The number of fused-ring (bicyclic) bond motifs is 1. The largest absolute Gasteiger partial charge is 0.379 e. The summed E-state index contributed by atoms with van der Waals surface area (Å²) in [6.07, 6.45) is 5.53. The summed E-state index contributed by atoms with van der Waals surface area (Å²) in [5.74, 6) is 0.694. The first-order valence-electron chi connectivity index (χ1n) is 11.2. The third-order valence-electron chi connectivity index (χ3n) is 6.40. The molecule has 3 aromatic rings. The standard InChI is InChI=1S/C22H24Cl3N7O2/c23-12-7-15(24)18(16(25)8-12)30-22-29-17-9-27-21(28-13-5-6-34-10-13)31-20(17)32(22)14-3-1-11(2-4-14)19(26)33/h7-9,11,13-14H,1-6,10H2,(H2,26,33)(H,29,30)(H,27,28,31)/t11-,13-,14-/m0/s1. The summed E-state index contributed by atoms with van der Waals surface area (Å²) in [4.78, 5) is 25.7. The number of hydrogen-bond acceptors (Lipinski definition) is 7. The van der Waals surface area contributed by atoms with Gasteiger partial charge in [-0.3, -0.25) is 9.36 Å². The Bertz CT molecular complexity index is 1200. The van der Waals surface area contributed by atoms with Crippen LogP contribution in [0.5, 0.6) is 0 Å². The van der Waals surface area contributed by atoms with Crippen molar-refractivity contribution in [2.24, 2.45) is 11.7 Å². The van der Waals surface area contributed by atoms with E-state index in [4.69, 9.17) is 55.2 Å². The summed E-state index contributed by atoms with van der Waals surface area (Å²) < 4.78 is 7.50. The van der Waals surface area contributed by atoms with Crippen molar-refractivity contribution in [1.29, 1.82) is 0 Å². The number of primary amides is 1. The molecule has 1 aromatic carbocycles. The summed E-state index contributed by atoms with van der Waals surface area (Å²) in [6.45, 7) is 1.34. The highest BCUT2D eigenvalue weighted by molar-refractivity contribution is 6.41. The Kier molecular flexibility index (Phi) is 6.70. The molecule has 1 saturated carbocycles. The monoisotopic (exact) mass is 523 g/mol. The average Bonchev–Trinajstić information content (AvgIpc) is 3.43. The lowest BCUT2D eigenvalue weighted by molar-refractivity contribution is -0.122. The van der Waals surface area contributed by atoms with Crippen molar-refractivity contribution in [3.8, 4) is 0 Å². The predicted octanol–water partition coefficient (Wildman–Crippen LogP) is 4.95. The van der Waals surface area contributed by atoms with Crippen LogP contribution in [0.4, 0.5) is 17.6 Å². The minimum Gasteiger partial charge on any atom is -0.379 e. The quantitative estimate of drug-likeness (QED) is 0.417. The van der Waals surface area contributed by atoms with Crippen LogP contribution in [0.3, 0.4) is 0 Å². The van der Waals surface area contributed by atoms with Gasteiger partial charge in [0.15, 0.2) is 5.65 Å². The zero-order chi connectivity index (χ0) is 23.8. The SMILES string of the molecule is NC(=O)[C@H]1CC[C@H](n2c(Nc3c(Cl)cc(Cl)cc3Cl)nc3cnc(N[C@H]4CCOC4)nc32)CC1. The van der Waals surface area contributed by atoms with Crippen LogP contribution in [0.2, 0.25) is 15.1 Å².